The van der Waals surface area contributed by atoms with Crippen molar-refractivity contribution < 1.29 is 9.50 Å². The van der Waals surface area contributed by atoms with Gasteiger partial charge in [-0.25, -0.2) is 4.79 Å². The molecule has 5 nitrogen and oxygen atoms in total. The van der Waals surface area contributed by atoms with E-state index in [-0.39, 0.29) is 13.2 Å². The molecule has 0 aliphatic rings. The third-order valence-corrected chi connectivity index (χ3v) is 2.63. The molecule has 1 aromatic heterocycles. The minimum atomic E-state index is -1.04. The van der Waals surface area contributed by atoms with Crippen LogP contribution in [0.3, 0.4) is 0 Å². The highest BCUT2D eigenvalue weighted by Crippen LogP contribution is 2.08. The van der Waals surface area contributed by atoms with Crippen molar-refractivity contribution in [1.82, 2.24) is 9.55 Å². The molecule has 2 aromatic rings. The Morgan fingerprint density at radius 2 is 2.05 bits per heavy atom. The molecule has 0 spiro atoms. The van der Waals surface area contributed by atoms with Crippen LogP contribution in [0.2, 0.25) is 0 Å². The first-order valence-corrected chi connectivity index (χ1v) is 5.78. The van der Waals surface area contributed by atoms with E-state index in [9.17, 15) is 14.0 Å². The Hall–Kier alpha value is -2.65. The molecule has 1 aromatic carbocycles. The summed E-state index contributed by atoms with van der Waals surface area (Å²) in [4.78, 5) is 24.4. The topological polar surface area (TPSA) is 75.1 Å². The zero-order valence-corrected chi connectivity index (χ0v) is 10.4. The summed E-state index contributed by atoms with van der Waals surface area (Å²) in [7, 11) is 0. The lowest BCUT2D eigenvalue weighted by Gasteiger charge is -2.07. The molecule has 0 bridgehead atoms. The Balaban J connectivity index is 2.43. The molecule has 20 heavy (non-hydrogen) atoms. The van der Waals surface area contributed by atoms with Crippen LogP contribution in [0.25, 0.3) is 0 Å². The molecule has 2 rings (SSSR count). The van der Waals surface area contributed by atoms with Gasteiger partial charge >= 0.3 is 5.69 Å². The van der Waals surface area contributed by atoms with Crippen molar-refractivity contribution in [2.24, 2.45) is 0 Å². The number of aliphatic hydroxyl groups is 1. The summed E-state index contributed by atoms with van der Waals surface area (Å²) < 4.78 is 14.3. The molecule has 6 heteroatoms. The number of aromatic nitrogens is 2. The second-order valence-corrected chi connectivity index (χ2v) is 3.98. The quantitative estimate of drug-likeness (QED) is 0.761. The minimum Gasteiger partial charge on any atom is -0.384 e. The molecule has 0 radical (unpaired) electrons. The summed E-state index contributed by atoms with van der Waals surface area (Å²) in [6.07, 6.45) is 0.859. The first-order valence-electron chi connectivity index (χ1n) is 5.78. The lowest BCUT2D eigenvalue weighted by molar-refractivity contribution is 0.350. The van der Waals surface area contributed by atoms with Crippen molar-refractivity contribution >= 4 is 0 Å². The number of hydrogen-bond donors (Lipinski definition) is 2. The van der Waals surface area contributed by atoms with E-state index in [4.69, 9.17) is 5.11 Å². The fraction of sp³-hybridized carbons (Fsp3) is 0.143. The van der Waals surface area contributed by atoms with E-state index in [1.807, 2.05) is 4.98 Å². The van der Waals surface area contributed by atoms with Gasteiger partial charge in [-0.2, -0.15) is 4.39 Å². The summed E-state index contributed by atoms with van der Waals surface area (Å²) in [5, 5.41) is 8.70. The van der Waals surface area contributed by atoms with E-state index in [0.717, 1.165) is 10.8 Å². The highest BCUT2D eigenvalue weighted by Gasteiger charge is 2.06. The number of rotatable bonds is 2. The Labute approximate surface area is 113 Å². The van der Waals surface area contributed by atoms with Crippen LogP contribution < -0.4 is 11.2 Å². The van der Waals surface area contributed by atoms with Gasteiger partial charge < -0.3 is 5.11 Å². The molecule has 0 aliphatic carbocycles. The van der Waals surface area contributed by atoms with Crippen LogP contribution in [-0.2, 0) is 6.54 Å². The standard InChI is InChI=1S/C14H11FN2O3/c15-12-9-17(14(20)16-13(12)19)8-11-5-2-1-4-10(11)6-3-7-18/h1-2,4-5,9,18H,7-8H2,(H,16,19,20). The number of aliphatic hydroxyl groups excluding tert-OH is 1. The van der Waals surface area contributed by atoms with Crippen LogP contribution >= 0.6 is 0 Å². The number of nitrogens with zero attached hydrogens (tertiary/aromatic N) is 1. The van der Waals surface area contributed by atoms with Crippen LogP contribution in [-0.4, -0.2) is 21.3 Å². The Kier molecular flexibility index (Phi) is 4.13. The summed E-state index contributed by atoms with van der Waals surface area (Å²) >= 11 is 0. The number of hydrogen-bond acceptors (Lipinski definition) is 3. The zero-order chi connectivity index (χ0) is 14.5. The largest absolute Gasteiger partial charge is 0.384 e. The normalized spacial score (nSPS) is 9.90. The SMILES string of the molecule is O=c1[nH]c(=O)n(Cc2ccccc2C#CCO)cc1F. The summed E-state index contributed by atoms with van der Waals surface area (Å²) in [6, 6.07) is 6.98. The summed E-state index contributed by atoms with van der Waals surface area (Å²) in [5.74, 6) is 4.24. The lowest BCUT2D eigenvalue weighted by atomic mass is 10.1. The van der Waals surface area contributed by atoms with Gasteiger partial charge in [0.1, 0.15) is 6.61 Å². The second-order valence-electron chi connectivity index (χ2n) is 3.98. The van der Waals surface area contributed by atoms with Crippen LogP contribution in [0, 0.1) is 17.7 Å². The van der Waals surface area contributed by atoms with Gasteiger partial charge in [0.25, 0.3) is 5.56 Å². The molecule has 0 saturated heterocycles. The fourth-order valence-electron chi connectivity index (χ4n) is 1.70. The first-order chi connectivity index (χ1) is 9.61. The molecule has 102 valence electrons. The number of benzene rings is 1. The van der Waals surface area contributed by atoms with Gasteiger partial charge in [-0.3, -0.25) is 14.3 Å². The van der Waals surface area contributed by atoms with Gasteiger partial charge in [-0.1, -0.05) is 30.0 Å². The molecule has 0 atom stereocenters. The predicted octanol–water partition coefficient (Wildman–Crippen LogP) is 0.0678. The van der Waals surface area contributed by atoms with Crippen molar-refractivity contribution in [1.29, 1.82) is 0 Å². The van der Waals surface area contributed by atoms with Crippen molar-refractivity contribution in [3.05, 3.63) is 68.2 Å². The average molecular weight is 274 g/mol. The van der Waals surface area contributed by atoms with Gasteiger partial charge in [0.15, 0.2) is 0 Å². The van der Waals surface area contributed by atoms with Gasteiger partial charge in [-0.15, -0.1) is 0 Å². The average Bonchev–Trinajstić information content (AvgIpc) is 2.44. The van der Waals surface area contributed by atoms with E-state index in [0.29, 0.717) is 11.1 Å². The minimum absolute atomic E-state index is 0.0722. The third-order valence-electron chi connectivity index (χ3n) is 2.63. The molecule has 0 amide bonds. The van der Waals surface area contributed by atoms with Crippen LogP contribution in [0.15, 0.2) is 40.1 Å². The van der Waals surface area contributed by atoms with Crippen molar-refractivity contribution in [3.63, 3.8) is 0 Å². The van der Waals surface area contributed by atoms with Crippen molar-refractivity contribution in [3.8, 4) is 11.8 Å². The van der Waals surface area contributed by atoms with E-state index in [1.165, 1.54) is 0 Å². The number of halogens is 1. The Morgan fingerprint density at radius 3 is 2.80 bits per heavy atom. The van der Waals surface area contributed by atoms with Crippen molar-refractivity contribution in [2.75, 3.05) is 6.61 Å². The first kappa shape index (κ1) is 13.8. The monoisotopic (exact) mass is 274 g/mol. The number of H-pyrrole nitrogens is 1. The van der Waals surface area contributed by atoms with Gasteiger partial charge in [0.05, 0.1) is 12.7 Å². The molecule has 0 fully saturated rings. The maximum Gasteiger partial charge on any atom is 0.328 e. The van der Waals surface area contributed by atoms with Gasteiger partial charge in [0, 0.05) is 5.56 Å². The highest BCUT2D eigenvalue weighted by atomic mass is 19.1. The Bertz CT molecular complexity index is 796. The maximum atomic E-state index is 13.2. The molecular formula is C14H11FN2O3. The van der Waals surface area contributed by atoms with Gasteiger partial charge in [-0.05, 0) is 11.6 Å². The van der Waals surface area contributed by atoms with Crippen LogP contribution in [0.5, 0.6) is 0 Å². The zero-order valence-electron chi connectivity index (χ0n) is 10.4. The number of nitrogens with one attached hydrogen (secondary N) is 1. The molecule has 1 heterocycles. The highest BCUT2D eigenvalue weighted by molar-refractivity contribution is 5.41. The molecule has 0 aliphatic heterocycles. The second kappa shape index (κ2) is 5.99. The molecular weight excluding hydrogens is 263 g/mol. The predicted molar refractivity (Wildman–Crippen MR) is 70.8 cm³/mol. The van der Waals surface area contributed by atoms with Gasteiger partial charge in [0.2, 0.25) is 5.82 Å². The van der Waals surface area contributed by atoms with Crippen molar-refractivity contribution in [2.45, 2.75) is 6.54 Å². The molecule has 2 N–H and O–H groups in total. The molecule has 0 unspecified atom stereocenters. The maximum absolute atomic E-state index is 13.2. The van der Waals surface area contributed by atoms with Crippen LogP contribution in [0.4, 0.5) is 4.39 Å². The number of aromatic amines is 1. The van der Waals surface area contributed by atoms with E-state index in [2.05, 4.69) is 11.8 Å². The molecule has 0 saturated carbocycles. The summed E-state index contributed by atoms with van der Waals surface area (Å²) in [5.41, 5.74) is -0.428. The van der Waals surface area contributed by atoms with E-state index >= 15 is 0 Å². The fourth-order valence-corrected chi connectivity index (χ4v) is 1.70. The lowest BCUT2D eigenvalue weighted by Crippen LogP contribution is -2.31. The summed E-state index contributed by atoms with van der Waals surface area (Å²) in [6.45, 7) is -0.204. The smallest absolute Gasteiger partial charge is 0.328 e. The van der Waals surface area contributed by atoms with E-state index in [1.54, 1.807) is 24.3 Å². The van der Waals surface area contributed by atoms with Crippen LogP contribution in [0.1, 0.15) is 11.1 Å². The van der Waals surface area contributed by atoms with E-state index < -0.39 is 17.1 Å². The third kappa shape index (κ3) is 3.02. The Morgan fingerprint density at radius 1 is 1.30 bits per heavy atom.